The number of hydrogen-bond acceptors (Lipinski definition) is 4. The largest absolute Gasteiger partial charge is 0.444 e. The van der Waals surface area contributed by atoms with Gasteiger partial charge >= 0.3 is 12.2 Å². The van der Waals surface area contributed by atoms with Gasteiger partial charge in [-0.05, 0) is 60.8 Å². The Morgan fingerprint density at radius 3 is 1.43 bits per heavy atom. The first-order chi connectivity index (χ1) is 9.46. The first kappa shape index (κ1) is 17.6. The van der Waals surface area contributed by atoms with Crippen LogP contribution in [0.1, 0.15) is 60.8 Å². The van der Waals surface area contributed by atoms with E-state index < -0.39 is 23.4 Å². The Morgan fingerprint density at radius 2 is 1.14 bits per heavy atom. The quantitative estimate of drug-likeness (QED) is 0.822. The molecule has 0 bridgehead atoms. The van der Waals surface area contributed by atoms with Gasteiger partial charge in [0.15, 0.2) is 0 Å². The van der Waals surface area contributed by atoms with Crippen molar-refractivity contribution in [1.82, 2.24) is 10.6 Å². The minimum absolute atomic E-state index is 0.118. The van der Waals surface area contributed by atoms with Crippen molar-refractivity contribution >= 4 is 12.2 Å². The Bertz CT molecular complexity index is 346. The lowest BCUT2D eigenvalue weighted by molar-refractivity contribution is 0.0441. The molecule has 2 amide bonds. The van der Waals surface area contributed by atoms with Gasteiger partial charge in [0.25, 0.3) is 0 Å². The van der Waals surface area contributed by atoms with Gasteiger partial charge in [0.05, 0.1) is 12.1 Å². The molecule has 1 fully saturated rings. The second-order valence-corrected chi connectivity index (χ2v) is 7.44. The van der Waals surface area contributed by atoms with Gasteiger partial charge < -0.3 is 20.1 Å². The van der Waals surface area contributed by atoms with Crippen LogP contribution in [0.2, 0.25) is 0 Å². The van der Waals surface area contributed by atoms with E-state index in [1.54, 1.807) is 0 Å². The Morgan fingerprint density at radius 1 is 0.810 bits per heavy atom. The number of alkyl carbamates (subject to hydrolysis) is 2. The van der Waals surface area contributed by atoms with Crippen LogP contribution in [0.4, 0.5) is 9.59 Å². The van der Waals surface area contributed by atoms with Crippen molar-refractivity contribution < 1.29 is 19.1 Å². The molecular weight excluding hydrogens is 272 g/mol. The van der Waals surface area contributed by atoms with E-state index in [-0.39, 0.29) is 12.1 Å². The normalized spacial score (nSPS) is 22.6. The minimum atomic E-state index is -0.531. The van der Waals surface area contributed by atoms with Crippen LogP contribution in [-0.4, -0.2) is 35.5 Å². The van der Waals surface area contributed by atoms with Crippen LogP contribution in [0.15, 0.2) is 0 Å². The molecule has 122 valence electrons. The average Bonchev–Trinajstić information content (AvgIpc) is 2.59. The highest BCUT2D eigenvalue weighted by Crippen LogP contribution is 2.20. The van der Waals surface area contributed by atoms with Crippen LogP contribution >= 0.6 is 0 Å². The van der Waals surface area contributed by atoms with E-state index in [1.807, 2.05) is 41.5 Å². The molecule has 1 saturated carbocycles. The summed E-state index contributed by atoms with van der Waals surface area (Å²) in [5.41, 5.74) is -1.06. The van der Waals surface area contributed by atoms with Crippen molar-refractivity contribution in [3.05, 3.63) is 0 Å². The molecule has 6 nitrogen and oxygen atoms in total. The fourth-order valence-electron chi connectivity index (χ4n) is 2.22. The molecule has 2 atom stereocenters. The molecule has 6 heteroatoms. The number of ether oxygens (including phenoxy) is 2. The van der Waals surface area contributed by atoms with Gasteiger partial charge in [-0.25, -0.2) is 9.59 Å². The SMILES string of the molecule is CC(C)(C)OC(=O)N[C@H]1CCC[C@H]1NC(=O)OC(C)(C)C. The topological polar surface area (TPSA) is 76.7 Å². The second-order valence-electron chi connectivity index (χ2n) is 7.44. The molecule has 1 aliphatic rings. The lowest BCUT2D eigenvalue weighted by Crippen LogP contribution is -2.50. The van der Waals surface area contributed by atoms with Gasteiger partial charge in [-0.3, -0.25) is 0 Å². The zero-order valence-corrected chi connectivity index (χ0v) is 13.9. The smallest absolute Gasteiger partial charge is 0.407 e. The summed E-state index contributed by atoms with van der Waals surface area (Å²) < 4.78 is 10.5. The summed E-state index contributed by atoms with van der Waals surface area (Å²) in [5.74, 6) is 0. The van der Waals surface area contributed by atoms with Crippen molar-refractivity contribution in [2.24, 2.45) is 0 Å². The molecule has 0 radical (unpaired) electrons. The summed E-state index contributed by atoms with van der Waals surface area (Å²) in [6.45, 7) is 10.9. The van der Waals surface area contributed by atoms with Gasteiger partial charge in [0.2, 0.25) is 0 Å². The molecule has 0 aliphatic heterocycles. The van der Waals surface area contributed by atoms with Gasteiger partial charge in [-0.1, -0.05) is 0 Å². The van der Waals surface area contributed by atoms with Crippen LogP contribution in [0.3, 0.4) is 0 Å². The molecule has 2 N–H and O–H groups in total. The zero-order chi connectivity index (χ0) is 16.3. The van der Waals surface area contributed by atoms with Crippen molar-refractivity contribution in [3.63, 3.8) is 0 Å². The average molecular weight is 300 g/mol. The highest BCUT2D eigenvalue weighted by Gasteiger charge is 2.32. The molecule has 1 aliphatic carbocycles. The molecule has 0 aromatic rings. The molecule has 0 aromatic carbocycles. The molecule has 0 saturated heterocycles. The van der Waals surface area contributed by atoms with Gasteiger partial charge in [0.1, 0.15) is 11.2 Å². The van der Waals surface area contributed by atoms with Crippen molar-refractivity contribution in [1.29, 1.82) is 0 Å². The highest BCUT2D eigenvalue weighted by atomic mass is 16.6. The zero-order valence-electron chi connectivity index (χ0n) is 13.9. The number of rotatable bonds is 2. The number of nitrogens with one attached hydrogen (secondary N) is 2. The molecule has 0 heterocycles. The van der Waals surface area contributed by atoms with Gasteiger partial charge in [-0.15, -0.1) is 0 Å². The van der Waals surface area contributed by atoms with Crippen molar-refractivity contribution in [3.8, 4) is 0 Å². The summed E-state index contributed by atoms with van der Waals surface area (Å²) in [7, 11) is 0. The summed E-state index contributed by atoms with van der Waals surface area (Å²) in [4.78, 5) is 23.6. The molecule has 0 unspecified atom stereocenters. The van der Waals surface area contributed by atoms with E-state index in [2.05, 4.69) is 10.6 Å². The van der Waals surface area contributed by atoms with E-state index in [4.69, 9.17) is 9.47 Å². The summed E-state index contributed by atoms with van der Waals surface area (Å²) in [6.07, 6.45) is 1.68. The Kier molecular flexibility index (Phi) is 5.48. The number of carbonyl (C=O) groups excluding carboxylic acids is 2. The molecule has 0 aromatic heterocycles. The monoisotopic (exact) mass is 300 g/mol. The van der Waals surface area contributed by atoms with E-state index in [0.29, 0.717) is 0 Å². The lowest BCUT2D eigenvalue weighted by Gasteiger charge is -2.26. The standard InChI is InChI=1S/C15H28N2O4/c1-14(2,3)20-12(18)16-10-8-7-9-11(10)17-13(19)21-15(4,5)6/h10-11H,7-9H2,1-6H3,(H,16,18)(H,17,19)/t10-,11+. The second kappa shape index (κ2) is 6.54. The Labute approximate surface area is 126 Å². The van der Waals surface area contributed by atoms with Crippen LogP contribution in [0.5, 0.6) is 0 Å². The maximum atomic E-state index is 11.8. The van der Waals surface area contributed by atoms with Crippen LogP contribution in [0.25, 0.3) is 0 Å². The number of amides is 2. The third-order valence-electron chi connectivity index (χ3n) is 2.92. The third kappa shape index (κ3) is 7.20. The predicted molar refractivity (Wildman–Crippen MR) is 80.2 cm³/mol. The maximum Gasteiger partial charge on any atom is 0.407 e. The van der Waals surface area contributed by atoms with Gasteiger partial charge in [0, 0.05) is 0 Å². The van der Waals surface area contributed by atoms with E-state index in [0.717, 1.165) is 19.3 Å². The lowest BCUT2D eigenvalue weighted by atomic mass is 10.1. The third-order valence-corrected chi connectivity index (χ3v) is 2.92. The Hall–Kier alpha value is -1.46. The predicted octanol–water partition coefficient (Wildman–Crippen LogP) is 2.96. The number of hydrogen-bond donors (Lipinski definition) is 2. The molecule has 21 heavy (non-hydrogen) atoms. The van der Waals surface area contributed by atoms with Crippen molar-refractivity contribution in [2.45, 2.75) is 84.1 Å². The van der Waals surface area contributed by atoms with E-state index >= 15 is 0 Å². The van der Waals surface area contributed by atoms with E-state index in [1.165, 1.54) is 0 Å². The first-order valence-corrected chi connectivity index (χ1v) is 7.45. The fraction of sp³-hybridized carbons (Fsp3) is 0.867. The van der Waals surface area contributed by atoms with E-state index in [9.17, 15) is 9.59 Å². The summed E-state index contributed by atoms with van der Waals surface area (Å²) >= 11 is 0. The van der Waals surface area contributed by atoms with Crippen LogP contribution < -0.4 is 10.6 Å². The summed E-state index contributed by atoms with van der Waals surface area (Å²) in [6, 6.07) is -0.236. The maximum absolute atomic E-state index is 11.8. The Balaban J connectivity index is 2.48. The van der Waals surface area contributed by atoms with Crippen LogP contribution in [0, 0.1) is 0 Å². The van der Waals surface area contributed by atoms with Crippen molar-refractivity contribution in [2.75, 3.05) is 0 Å². The first-order valence-electron chi connectivity index (χ1n) is 7.45. The van der Waals surface area contributed by atoms with Gasteiger partial charge in [-0.2, -0.15) is 0 Å². The molecule has 0 spiro atoms. The minimum Gasteiger partial charge on any atom is -0.444 e. The number of carbonyl (C=O) groups is 2. The fourth-order valence-corrected chi connectivity index (χ4v) is 2.22. The molecular formula is C15H28N2O4. The highest BCUT2D eigenvalue weighted by molar-refractivity contribution is 5.70. The van der Waals surface area contributed by atoms with Crippen LogP contribution in [-0.2, 0) is 9.47 Å². The molecule has 1 rings (SSSR count). The summed E-state index contributed by atoms with van der Waals surface area (Å²) in [5, 5.41) is 5.64.